The van der Waals surface area contributed by atoms with Gasteiger partial charge in [-0.3, -0.25) is 4.79 Å². The lowest BCUT2D eigenvalue weighted by Crippen LogP contribution is -2.40. The number of hydrogen-bond donors (Lipinski definition) is 2. The first-order chi connectivity index (χ1) is 14.0. The van der Waals surface area contributed by atoms with Gasteiger partial charge in [0.15, 0.2) is 0 Å². The summed E-state index contributed by atoms with van der Waals surface area (Å²) in [5, 5.41) is 2.81. The van der Waals surface area contributed by atoms with E-state index in [1.807, 2.05) is 0 Å². The molecule has 1 aliphatic carbocycles. The highest BCUT2D eigenvalue weighted by atomic mass is 32.2. The van der Waals surface area contributed by atoms with Crippen LogP contribution < -0.4 is 5.32 Å². The number of carbonyl (C=O) groups excluding carboxylic acids is 1. The van der Waals surface area contributed by atoms with E-state index in [0.717, 1.165) is 37.1 Å². The summed E-state index contributed by atoms with van der Waals surface area (Å²) < 4.78 is 32.7. The molecule has 0 saturated carbocycles. The summed E-state index contributed by atoms with van der Waals surface area (Å²) >= 11 is 0. The van der Waals surface area contributed by atoms with E-state index >= 15 is 0 Å². The van der Waals surface area contributed by atoms with Crippen molar-refractivity contribution in [2.24, 2.45) is 0 Å². The van der Waals surface area contributed by atoms with Crippen LogP contribution in [0.2, 0.25) is 0 Å². The van der Waals surface area contributed by atoms with Gasteiger partial charge in [0.05, 0.1) is 29.4 Å². The van der Waals surface area contributed by atoms with E-state index in [1.165, 1.54) is 4.31 Å². The van der Waals surface area contributed by atoms with Crippen molar-refractivity contribution < 1.29 is 17.9 Å². The van der Waals surface area contributed by atoms with Gasteiger partial charge in [-0.2, -0.15) is 4.31 Å². The van der Waals surface area contributed by atoms with Crippen LogP contribution in [0.25, 0.3) is 11.6 Å². The summed E-state index contributed by atoms with van der Waals surface area (Å²) in [7, 11) is -3.64. The minimum absolute atomic E-state index is 0.180. The van der Waals surface area contributed by atoms with E-state index in [-0.39, 0.29) is 10.8 Å². The molecule has 152 valence electrons. The Morgan fingerprint density at radius 1 is 1.14 bits per heavy atom. The number of amides is 1. The van der Waals surface area contributed by atoms with E-state index in [4.69, 9.17) is 4.74 Å². The van der Waals surface area contributed by atoms with Crippen molar-refractivity contribution in [1.29, 1.82) is 0 Å². The number of aryl methyl sites for hydroxylation is 2. The number of carbonyl (C=O) groups is 1. The Balaban J connectivity index is 1.52. The van der Waals surface area contributed by atoms with Gasteiger partial charge in [-0.1, -0.05) is 0 Å². The maximum Gasteiger partial charge on any atom is 0.256 e. The van der Waals surface area contributed by atoms with Crippen molar-refractivity contribution in [2.75, 3.05) is 31.6 Å². The Morgan fingerprint density at radius 3 is 2.72 bits per heavy atom. The third kappa shape index (κ3) is 3.29. The van der Waals surface area contributed by atoms with E-state index < -0.39 is 10.0 Å². The first-order valence-electron chi connectivity index (χ1n) is 9.85. The molecule has 2 N–H and O–H groups in total. The van der Waals surface area contributed by atoms with E-state index in [1.54, 1.807) is 24.3 Å². The van der Waals surface area contributed by atoms with Crippen LogP contribution in [0.4, 0.5) is 5.69 Å². The number of nitrogens with one attached hydrogen (secondary N) is 2. The Kier molecular flexibility index (Phi) is 4.53. The second-order valence-corrected chi connectivity index (χ2v) is 9.43. The van der Waals surface area contributed by atoms with Gasteiger partial charge in [-0.25, -0.2) is 13.4 Å². The maximum absolute atomic E-state index is 13.0. The average Bonchev–Trinajstić information content (AvgIpc) is 3.28. The molecule has 1 saturated heterocycles. The fourth-order valence-electron chi connectivity index (χ4n) is 4.09. The molecule has 2 aliphatic heterocycles. The van der Waals surface area contributed by atoms with Crippen LogP contribution in [0.3, 0.4) is 0 Å². The lowest BCUT2D eigenvalue weighted by atomic mass is 10.0. The molecule has 3 aliphatic rings. The van der Waals surface area contributed by atoms with Gasteiger partial charge in [-0.05, 0) is 50.0 Å². The van der Waals surface area contributed by atoms with Crippen molar-refractivity contribution in [1.82, 2.24) is 14.3 Å². The Hall–Kier alpha value is -2.49. The number of nitrogens with zero attached hydrogens (tertiary/aromatic N) is 2. The molecule has 29 heavy (non-hydrogen) atoms. The molecular formula is C20H22N4O4S. The SMILES string of the molecule is O=C1Nc2ccc(S(=O)(=O)N3CCOCC3)cc2C1=Cc1nc2c([nH]1)CCCC2. The molecule has 8 nitrogen and oxygen atoms in total. The predicted molar refractivity (Wildman–Crippen MR) is 108 cm³/mol. The second-order valence-electron chi connectivity index (χ2n) is 7.49. The standard InChI is InChI=1S/C20H22N4O4S/c25-20-15(12-19-21-17-3-1-2-4-18(17)22-19)14-11-13(5-6-16(14)23-20)29(26,27)24-7-9-28-10-8-24/h5-6,11-12H,1-4,7-10H2,(H,21,22)(H,23,25). The monoisotopic (exact) mass is 414 g/mol. The van der Waals surface area contributed by atoms with E-state index in [2.05, 4.69) is 15.3 Å². The summed E-state index contributed by atoms with van der Waals surface area (Å²) in [5.41, 5.74) is 3.80. The number of imidazole rings is 1. The topological polar surface area (TPSA) is 104 Å². The van der Waals surface area contributed by atoms with Crippen molar-refractivity contribution in [3.05, 3.63) is 41.0 Å². The van der Waals surface area contributed by atoms with Crippen LogP contribution in [-0.2, 0) is 32.4 Å². The molecule has 0 atom stereocenters. The average molecular weight is 414 g/mol. The molecule has 0 bridgehead atoms. The summed E-state index contributed by atoms with van der Waals surface area (Å²) in [6.07, 6.45) is 5.89. The number of anilines is 1. The lowest BCUT2D eigenvalue weighted by Gasteiger charge is -2.26. The normalized spacial score (nSPS) is 21.1. The highest BCUT2D eigenvalue weighted by molar-refractivity contribution is 7.89. The van der Waals surface area contributed by atoms with Crippen LogP contribution in [-0.4, -0.2) is 54.9 Å². The van der Waals surface area contributed by atoms with Crippen LogP contribution in [0.5, 0.6) is 0 Å². The third-order valence-corrected chi connectivity index (χ3v) is 7.53. The van der Waals surface area contributed by atoms with Crippen molar-refractivity contribution in [3.63, 3.8) is 0 Å². The molecule has 5 rings (SSSR count). The van der Waals surface area contributed by atoms with Gasteiger partial charge in [0.1, 0.15) is 5.82 Å². The van der Waals surface area contributed by atoms with Crippen molar-refractivity contribution >= 4 is 33.3 Å². The van der Waals surface area contributed by atoms with E-state index in [0.29, 0.717) is 49.0 Å². The van der Waals surface area contributed by atoms with Crippen LogP contribution in [0, 0.1) is 0 Å². The predicted octanol–water partition coefficient (Wildman–Crippen LogP) is 1.80. The minimum Gasteiger partial charge on any atom is -0.379 e. The molecule has 1 amide bonds. The molecule has 9 heteroatoms. The lowest BCUT2D eigenvalue weighted by molar-refractivity contribution is -0.110. The number of sulfonamides is 1. The smallest absolute Gasteiger partial charge is 0.256 e. The Bertz CT molecular complexity index is 1090. The maximum atomic E-state index is 13.0. The van der Waals surface area contributed by atoms with Crippen LogP contribution in [0.1, 0.15) is 35.6 Å². The minimum atomic E-state index is -3.64. The molecule has 0 radical (unpaired) electrons. The molecule has 0 unspecified atom stereocenters. The highest BCUT2D eigenvalue weighted by Crippen LogP contribution is 2.35. The van der Waals surface area contributed by atoms with Gasteiger partial charge in [0.2, 0.25) is 10.0 Å². The molecule has 1 aromatic heterocycles. The van der Waals surface area contributed by atoms with Crippen LogP contribution >= 0.6 is 0 Å². The van der Waals surface area contributed by atoms with Gasteiger partial charge in [0.25, 0.3) is 5.91 Å². The number of aromatic amines is 1. The van der Waals surface area contributed by atoms with Gasteiger partial charge >= 0.3 is 0 Å². The first kappa shape index (κ1) is 18.5. The van der Waals surface area contributed by atoms with Crippen molar-refractivity contribution in [3.8, 4) is 0 Å². The zero-order valence-electron chi connectivity index (χ0n) is 15.9. The number of ether oxygens (including phenoxy) is 1. The van der Waals surface area contributed by atoms with Crippen LogP contribution in [0.15, 0.2) is 23.1 Å². The van der Waals surface area contributed by atoms with Crippen molar-refractivity contribution in [2.45, 2.75) is 30.6 Å². The zero-order valence-corrected chi connectivity index (χ0v) is 16.7. The third-order valence-electron chi connectivity index (χ3n) is 5.64. The molecule has 1 fully saturated rings. The quantitative estimate of drug-likeness (QED) is 0.746. The number of fused-ring (bicyclic) bond motifs is 2. The fourth-order valence-corrected chi connectivity index (χ4v) is 5.52. The number of hydrogen-bond acceptors (Lipinski definition) is 5. The number of benzene rings is 1. The van der Waals surface area contributed by atoms with Gasteiger partial charge in [-0.15, -0.1) is 0 Å². The largest absolute Gasteiger partial charge is 0.379 e. The number of morpholine rings is 1. The van der Waals surface area contributed by atoms with Gasteiger partial charge < -0.3 is 15.0 Å². The fraction of sp³-hybridized carbons (Fsp3) is 0.400. The summed E-state index contributed by atoms with van der Waals surface area (Å²) in [6.45, 7) is 1.44. The highest BCUT2D eigenvalue weighted by Gasteiger charge is 2.30. The first-order valence-corrected chi connectivity index (χ1v) is 11.3. The number of aromatic nitrogens is 2. The summed E-state index contributed by atoms with van der Waals surface area (Å²) in [4.78, 5) is 20.6. The summed E-state index contributed by atoms with van der Waals surface area (Å²) in [6, 6.07) is 4.76. The summed E-state index contributed by atoms with van der Waals surface area (Å²) in [5.74, 6) is 0.381. The Morgan fingerprint density at radius 2 is 1.93 bits per heavy atom. The van der Waals surface area contributed by atoms with Gasteiger partial charge in [0, 0.05) is 30.0 Å². The molecule has 2 aromatic rings. The van der Waals surface area contributed by atoms with E-state index in [9.17, 15) is 13.2 Å². The second kappa shape index (κ2) is 7.08. The molecule has 1 aromatic carbocycles. The number of H-pyrrole nitrogens is 1. The zero-order chi connectivity index (χ0) is 20.0. The number of rotatable bonds is 3. The molecule has 0 spiro atoms. The molecule has 3 heterocycles. The molecular weight excluding hydrogens is 392 g/mol. The Labute approximate surface area is 169 Å².